The number of aromatic nitrogens is 1. The van der Waals surface area contributed by atoms with Crippen molar-refractivity contribution in [3.63, 3.8) is 0 Å². The van der Waals surface area contributed by atoms with Gasteiger partial charge in [0.2, 0.25) is 0 Å². The molecular formula is C12H21N3OS. The molecule has 0 aliphatic carbocycles. The van der Waals surface area contributed by atoms with E-state index in [2.05, 4.69) is 36.6 Å². The molecule has 17 heavy (non-hydrogen) atoms. The normalized spacial score (nSPS) is 12.6. The van der Waals surface area contributed by atoms with Gasteiger partial charge in [-0.25, -0.2) is 0 Å². The second kappa shape index (κ2) is 6.00. The van der Waals surface area contributed by atoms with Crippen LogP contribution in [-0.4, -0.2) is 16.8 Å². The molecule has 5 heteroatoms. The molecule has 0 aromatic carbocycles. The molecule has 4 nitrogen and oxygen atoms in total. The van der Waals surface area contributed by atoms with Crippen molar-refractivity contribution < 1.29 is 4.52 Å². The lowest BCUT2D eigenvalue weighted by molar-refractivity contribution is 0.391. The average molecular weight is 255 g/mol. The Hall–Kier alpha value is -1.10. The fraction of sp³-hybridized carbons (Fsp3) is 0.667. The van der Waals surface area contributed by atoms with Gasteiger partial charge in [0.05, 0.1) is 11.7 Å². The van der Waals surface area contributed by atoms with E-state index in [1.54, 1.807) is 0 Å². The molecule has 0 radical (unpaired) electrons. The molecule has 96 valence electrons. The largest absolute Gasteiger partial charge is 0.362 e. The molecule has 0 spiro atoms. The van der Waals surface area contributed by atoms with Crippen LogP contribution in [0.1, 0.15) is 43.8 Å². The third-order valence-corrected chi connectivity index (χ3v) is 2.80. The monoisotopic (exact) mass is 255 g/mol. The summed E-state index contributed by atoms with van der Waals surface area (Å²) in [6.07, 6.45) is 0. The molecule has 2 N–H and O–H groups in total. The fourth-order valence-corrected chi connectivity index (χ4v) is 1.99. The van der Waals surface area contributed by atoms with Crippen LogP contribution in [0.15, 0.2) is 4.52 Å². The topological polar surface area (TPSA) is 50.1 Å². The molecule has 1 rings (SSSR count). The van der Waals surface area contributed by atoms with Gasteiger partial charge in [-0.3, -0.25) is 0 Å². The number of nitrogens with one attached hydrogen (secondary N) is 2. The number of hydrogen-bond donors (Lipinski definition) is 2. The summed E-state index contributed by atoms with van der Waals surface area (Å²) in [6, 6.07) is 0.105. The molecule has 1 atom stereocenters. The summed E-state index contributed by atoms with van der Waals surface area (Å²) in [4.78, 5) is 0. The highest BCUT2D eigenvalue weighted by Crippen LogP contribution is 2.20. The summed E-state index contributed by atoms with van der Waals surface area (Å²) in [5.41, 5.74) is 1.99. The fourth-order valence-electron chi connectivity index (χ4n) is 1.72. The van der Waals surface area contributed by atoms with Gasteiger partial charge >= 0.3 is 0 Å². The van der Waals surface area contributed by atoms with Crippen LogP contribution < -0.4 is 10.6 Å². The van der Waals surface area contributed by atoms with Crippen LogP contribution in [0.2, 0.25) is 0 Å². The molecule has 1 unspecified atom stereocenters. The Morgan fingerprint density at radius 1 is 1.35 bits per heavy atom. The van der Waals surface area contributed by atoms with Gasteiger partial charge in [0, 0.05) is 12.1 Å². The first-order chi connectivity index (χ1) is 7.91. The van der Waals surface area contributed by atoms with E-state index >= 15 is 0 Å². The Morgan fingerprint density at radius 2 is 2.00 bits per heavy atom. The van der Waals surface area contributed by atoms with Crippen LogP contribution in [0, 0.1) is 19.8 Å². The Morgan fingerprint density at radius 3 is 2.47 bits per heavy atom. The third-order valence-electron chi connectivity index (χ3n) is 2.54. The highest BCUT2D eigenvalue weighted by atomic mass is 32.1. The molecular weight excluding hydrogens is 234 g/mol. The predicted molar refractivity (Wildman–Crippen MR) is 73.0 cm³/mol. The number of nitrogens with zero attached hydrogens (tertiary/aromatic N) is 1. The first kappa shape index (κ1) is 14.0. The Labute approximate surface area is 108 Å². The Balaban J connectivity index is 2.55. The molecule has 0 aliphatic rings. The zero-order chi connectivity index (χ0) is 13.0. The van der Waals surface area contributed by atoms with E-state index in [0.717, 1.165) is 23.6 Å². The van der Waals surface area contributed by atoms with Crippen LogP contribution in [-0.2, 0) is 0 Å². The first-order valence-corrected chi connectivity index (χ1v) is 6.29. The van der Waals surface area contributed by atoms with E-state index in [-0.39, 0.29) is 6.04 Å². The van der Waals surface area contributed by atoms with E-state index in [1.807, 2.05) is 13.8 Å². The molecule has 0 amide bonds. The number of thiocarbonyl (C=S) groups is 1. The van der Waals surface area contributed by atoms with Crippen molar-refractivity contribution in [2.75, 3.05) is 6.54 Å². The van der Waals surface area contributed by atoms with Gasteiger partial charge < -0.3 is 15.2 Å². The zero-order valence-corrected chi connectivity index (χ0v) is 11.9. The average Bonchev–Trinajstić information content (AvgIpc) is 2.55. The highest BCUT2D eigenvalue weighted by Gasteiger charge is 2.16. The van der Waals surface area contributed by atoms with Crippen molar-refractivity contribution >= 4 is 17.3 Å². The van der Waals surface area contributed by atoms with Crippen molar-refractivity contribution in [1.82, 2.24) is 15.8 Å². The van der Waals surface area contributed by atoms with Crippen molar-refractivity contribution in [2.45, 2.75) is 40.7 Å². The molecule has 1 heterocycles. The van der Waals surface area contributed by atoms with Crippen LogP contribution in [0.5, 0.6) is 0 Å². The lowest BCUT2D eigenvalue weighted by atomic mass is 10.1. The summed E-state index contributed by atoms with van der Waals surface area (Å²) in [5.74, 6) is 1.42. The standard InChI is InChI=1S/C12H21N3OS/c1-7(2)6-13-12(17)14-8(3)11-9(4)15-16-10(11)5/h7-8H,6H2,1-5H3,(H2,13,14,17). The van der Waals surface area contributed by atoms with Gasteiger partial charge in [-0.05, 0) is 38.9 Å². The minimum atomic E-state index is 0.105. The quantitative estimate of drug-likeness (QED) is 0.809. The summed E-state index contributed by atoms with van der Waals surface area (Å²) < 4.78 is 5.14. The lowest BCUT2D eigenvalue weighted by Gasteiger charge is -2.17. The maximum atomic E-state index is 5.24. The summed E-state index contributed by atoms with van der Waals surface area (Å²) >= 11 is 5.24. The van der Waals surface area contributed by atoms with E-state index in [4.69, 9.17) is 16.7 Å². The van der Waals surface area contributed by atoms with Gasteiger partial charge in [0.1, 0.15) is 5.76 Å². The van der Waals surface area contributed by atoms with Crippen molar-refractivity contribution in [2.24, 2.45) is 5.92 Å². The molecule has 0 saturated carbocycles. The minimum Gasteiger partial charge on any atom is -0.362 e. The number of hydrogen-bond acceptors (Lipinski definition) is 3. The molecule has 0 aliphatic heterocycles. The summed E-state index contributed by atoms with van der Waals surface area (Å²) in [7, 11) is 0. The zero-order valence-electron chi connectivity index (χ0n) is 11.1. The van der Waals surface area contributed by atoms with Crippen molar-refractivity contribution in [1.29, 1.82) is 0 Å². The van der Waals surface area contributed by atoms with Gasteiger partial charge in [0.25, 0.3) is 0 Å². The minimum absolute atomic E-state index is 0.105. The van der Waals surface area contributed by atoms with Crippen LogP contribution >= 0.6 is 12.2 Å². The lowest BCUT2D eigenvalue weighted by Crippen LogP contribution is -2.38. The molecule has 1 aromatic rings. The SMILES string of the molecule is Cc1noc(C)c1C(C)NC(=S)NCC(C)C. The van der Waals surface area contributed by atoms with Crippen LogP contribution in [0.25, 0.3) is 0 Å². The van der Waals surface area contributed by atoms with E-state index in [9.17, 15) is 0 Å². The first-order valence-electron chi connectivity index (χ1n) is 5.89. The maximum Gasteiger partial charge on any atom is 0.166 e. The van der Waals surface area contributed by atoms with Gasteiger partial charge in [-0.1, -0.05) is 19.0 Å². The van der Waals surface area contributed by atoms with Gasteiger partial charge in [-0.2, -0.15) is 0 Å². The van der Waals surface area contributed by atoms with Crippen LogP contribution in [0.3, 0.4) is 0 Å². The van der Waals surface area contributed by atoms with Gasteiger partial charge in [0.15, 0.2) is 5.11 Å². The molecule has 1 aromatic heterocycles. The predicted octanol–water partition coefficient (Wildman–Crippen LogP) is 2.47. The Bertz CT molecular complexity index is 368. The van der Waals surface area contributed by atoms with E-state index < -0.39 is 0 Å². The maximum absolute atomic E-state index is 5.24. The molecule has 0 saturated heterocycles. The van der Waals surface area contributed by atoms with E-state index in [1.165, 1.54) is 0 Å². The van der Waals surface area contributed by atoms with Crippen LogP contribution in [0.4, 0.5) is 0 Å². The van der Waals surface area contributed by atoms with E-state index in [0.29, 0.717) is 11.0 Å². The second-order valence-electron chi connectivity index (χ2n) is 4.71. The Kier molecular flexibility index (Phi) is 4.93. The highest BCUT2D eigenvalue weighted by molar-refractivity contribution is 7.80. The van der Waals surface area contributed by atoms with Crippen molar-refractivity contribution in [3.05, 3.63) is 17.0 Å². The van der Waals surface area contributed by atoms with Crippen molar-refractivity contribution in [3.8, 4) is 0 Å². The summed E-state index contributed by atoms with van der Waals surface area (Å²) in [5, 5.41) is 11.0. The summed E-state index contributed by atoms with van der Waals surface area (Å²) in [6.45, 7) is 11.1. The number of rotatable bonds is 4. The molecule has 0 bridgehead atoms. The van der Waals surface area contributed by atoms with Gasteiger partial charge in [-0.15, -0.1) is 0 Å². The molecule has 0 fully saturated rings. The second-order valence-corrected chi connectivity index (χ2v) is 5.12. The number of aryl methyl sites for hydroxylation is 2. The smallest absolute Gasteiger partial charge is 0.166 e. The third kappa shape index (κ3) is 4.00.